The molecule has 0 heterocycles. The summed E-state index contributed by atoms with van der Waals surface area (Å²) in [5, 5.41) is 1.68. The van der Waals surface area contributed by atoms with Crippen molar-refractivity contribution in [3.63, 3.8) is 0 Å². The van der Waals surface area contributed by atoms with Crippen LogP contribution in [-0.2, 0) is 11.2 Å². The van der Waals surface area contributed by atoms with E-state index in [-0.39, 0.29) is 5.91 Å². The average molecular weight is 262 g/mol. The number of benzene rings is 1. The van der Waals surface area contributed by atoms with Crippen molar-refractivity contribution in [1.29, 1.82) is 0 Å². The normalized spacial score (nSPS) is 12.5. The minimum atomic E-state index is 0.0845. The Kier molecular flexibility index (Phi) is 6.57. The van der Waals surface area contributed by atoms with Crippen molar-refractivity contribution in [2.75, 3.05) is 14.1 Å². The molecule has 0 aliphatic heterocycles. The van der Waals surface area contributed by atoms with E-state index in [0.717, 1.165) is 12.8 Å². The molecule has 1 atom stereocenters. The van der Waals surface area contributed by atoms with Gasteiger partial charge < -0.3 is 0 Å². The minimum Gasteiger partial charge on any atom is -0.289 e. The van der Waals surface area contributed by atoms with Crippen LogP contribution in [0.1, 0.15) is 50.2 Å². The van der Waals surface area contributed by atoms with E-state index >= 15 is 0 Å². The van der Waals surface area contributed by atoms with Crippen LogP contribution in [0.5, 0.6) is 0 Å². The molecular formula is C16H26N2O. The first-order chi connectivity index (χ1) is 9.02. The maximum absolute atomic E-state index is 11.5. The van der Waals surface area contributed by atoms with Gasteiger partial charge in [0.1, 0.15) is 0 Å². The second kappa shape index (κ2) is 7.95. The molecule has 0 spiro atoms. The van der Waals surface area contributed by atoms with Gasteiger partial charge in [-0.15, -0.1) is 0 Å². The van der Waals surface area contributed by atoms with E-state index in [0.29, 0.717) is 12.3 Å². The number of amides is 1. The monoisotopic (exact) mass is 262 g/mol. The van der Waals surface area contributed by atoms with Crippen LogP contribution in [0.3, 0.4) is 0 Å². The number of nitrogens with one attached hydrogen (secondary N) is 1. The van der Waals surface area contributed by atoms with Gasteiger partial charge in [-0.1, -0.05) is 38.1 Å². The summed E-state index contributed by atoms with van der Waals surface area (Å²) in [4.78, 5) is 11.5. The highest BCUT2D eigenvalue weighted by Gasteiger charge is 2.04. The van der Waals surface area contributed by atoms with Crippen molar-refractivity contribution in [2.45, 2.75) is 45.4 Å². The van der Waals surface area contributed by atoms with Crippen molar-refractivity contribution in [3.8, 4) is 0 Å². The Morgan fingerprint density at radius 3 is 2.42 bits per heavy atom. The second-order valence-corrected chi connectivity index (χ2v) is 5.33. The Bertz CT molecular complexity index is 384. The SMILES string of the molecule is CCC(C)c1ccc(CCCC(=O)NN(C)C)cc1. The first kappa shape index (κ1) is 15.7. The molecule has 0 aliphatic carbocycles. The van der Waals surface area contributed by atoms with Crippen molar-refractivity contribution in [2.24, 2.45) is 0 Å². The zero-order chi connectivity index (χ0) is 14.3. The van der Waals surface area contributed by atoms with Crippen molar-refractivity contribution in [3.05, 3.63) is 35.4 Å². The van der Waals surface area contributed by atoms with Crippen LogP contribution in [0, 0.1) is 0 Å². The Balaban J connectivity index is 2.36. The van der Waals surface area contributed by atoms with Gasteiger partial charge in [0.25, 0.3) is 0 Å². The molecular weight excluding hydrogens is 236 g/mol. The topological polar surface area (TPSA) is 32.3 Å². The zero-order valence-corrected chi connectivity index (χ0v) is 12.6. The fraction of sp³-hybridized carbons (Fsp3) is 0.562. The van der Waals surface area contributed by atoms with Crippen molar-refractivity contribution < 1.29 is 4.79 Å². The smallest absolute Gasteiger partial charge is 0.234 e. The molecule has 1 amide bonds. The van der Waals surface area contributed by atoms with E-state index in [1.54, 1.807) is 5.01 Å². The highest BCUT2D eigenvalue weighted by Crippen LogP contribution is 2.19. The molecule has 3 heteroatoms. The first-order valence-electron chi connectivity index (χ1n) is 7.08. The third kappa shape index (κ3) is 5.88. The Morgan fingerprint density at radius 2 is 1.89 bits per heavy atom. The zero-order valence-electron chi connectivity index (χ0n) is 12.6. The predicted molar refractivity (Wildman–Crippen MR) is 79.9 cm³/mol. The lowest BCUT2D eigenvalue weighted by atomic mass is 9.96. The maximum Gasteiger partial charge on any atom is 0.234 e. The molecule has 0 aliphatic rings. The third-order valence-electron chi connectivity index (χ3n) is 3.38. The van der Waals surface area contributed by atoms with Gasteiger partial charge in [0.15, 0.2) is 0 Å². The molecule has 0 fully saturated rings. The van der Waals surface area contributed by atoms with Crippen LogP contribution in [0.15, 0.2) is 24.3 Å². The van der Waals surface area contributed by atoms with Crippen LogP contribution < -0.4 is 5.43 Å². The summed E-state index contributed by atoms with van der Waals surface area (Å²) in [6, 6.07) is 8.80. The molecule has 19 heavy (non-hydrogen) atoms. The predicted octanol–water partition coefficient (Wildman–Crippen LogP) is 3.12. The maximum atomic E-state index is 11.5. The van der Waals surface area contributed by atoms with Gasteiger partial charge in [-0.05, 0) is 36.3 Å². The molecule has 0 saturated heterocycles. The molecule has 1 aromatic rings. The highest BCUT2D eigenvalue weighted by atomic mass is 16.2. The van der Waals surface area contributed by atoms with E-state index in [1.165, 1.54) is 17.5 Å². The number of hydrogen-bond donors (Lipinski definition) is 1. The second-order valence-electron chi connectivity index (χ2n) is 5.33. The van der Waals surface area contributed by atoms with E-state index in [1.807, 2.05) is 14.1 Å². The molecule has 1 N–H and O–H groups in total. The number of hydrogen-bond acceptors (Lipinski definition) is 2. The number of carbonyl (C=O) groups excluding carboxylic acids is 1. The first-order valence-corrected chi connectivity index (χ1v) is 7.08. The highest BCUT2D eigenvalue weighted by molar-refractivity contribution is 5.75. The number of hydrazine groups is 1. The number of carbonyl (C=O) groups is 1. The van der Waals surface area contributed by atoms with Gasteiger partial charge in [-0.3, -0.25) is 10.2 Å². The summed E-state index contributed by atoms with van der Waals surface area (Å²) in [6.45, 7) is 4.46. The fourth-order valence-corrected chi connectivity index (χ4v) is 2.01. The average Bonchev–Trinajstić information content (AvgIpc) is 2.37. The summed E-state index contributed by atoms with van der Waals surface area (Å²) in [6.07, 6.45) is 3.60. The van der Waals surface area contributed by atoms with Gasteiger partial charge in [0.05, 0.1) is 0 Å². The van der Waals surface area contributed by atoms with E-state index < -0.39 is 0 Å². The Hall–Kier alpha value is -1.35. The van der Waals surface area contributed by atoms with E-state index in [2.05, 4.69) is 43.5 Å². The quantitative estimate of drug-likeness (QED) is 0.766. The number of aryl methyl sites for hydroxylation is 1. The lowest BCUT2D eigenvalue weighted by molar-refractivity contribution is -0.124. The molecule has 0 radical (unpaired) electrons. The van der Waals surface area contributed by atoms with Gasteiger partial charge in [0.2, 0.25) is 5.91 Å². The lowest BCUT2D eigenvalue weighted by Crippen LogP contribution is -2.35. The Morgan fingerprint density at radius 1 is 1.26 bits per heavy atom. The van der Waals surface area contributed by atoms with Crippen molar-refractivity contribution in [1.82, 2.24) is 10.4 Å². The van der Waals surface area contributed by atoms with Crippen LogP contribution >= 0.6 is 0 Å². The molecule has 1 unspecified atom stereocenters. The third-order valence-corrected chi connectivity index (χ3v) is 3.38. The summed E-state index contributed by atoms with van der Waals surface area (Å²) < 4.78 is 0. The van der Waals surface area contributed by atoms with Crippen LogP contribution in [-0.4, -0.2) is 25.0 Å². The van der Waals surface area contributed by atoms with Crippen LogP contribution in [0.2, 0.25) is 0 Å². The largest absolute Gasteiger partial charge is 0.289 e. The molecule has 3 nitrogen and oxygen atoms in total. The van der Waals surface area contributed by atoms with Crippen molar-refractivity contribution >= 4 is 5.91 Å². The van der Waals surface area contributed by atoms with Gasteiger partial charge in [-0.2, -0.15) is 0 Å². The summed E-state index contributed by atoms with van der Waals surface area (Å²) in [5.41, 5.74) is 5.46. The van der Waals surface area contributed by atoms with Gasteiger partial charge in [-0.25, -0.2) is 5.01 Å². The minimum absolute atomic E-state index is 0.0845. The summed E-state index contributed by atoms with van der Waals surface area (Å²) in [5.74, 6) is 0.709. The molecule has 0 saturated carbocycles. The van der Waals surface area contributed by atoms with Gasteiger partial charge in [0, 0.05) is 20.5 Å². The fourth-order valence-electron chi connectivity index (χ4n) is 2.01. The van der Waals surface area contributed by atoms with Crippen LogP contribution in [0.25, 0.3) is 0 Å². The van der Waals surface area contributed by atoms with E-state index in [9.17, 15) is 4.79 Å². The van der Waals surface area contributed by atoms with Gasteiger partial charge >= 0.3 is 0 Å². The molecule has 106 valence electrons. The lowest BCUT2D eigenvalue weighted by Gasteiger charge is -2.12. The Labute approximate surface area is 117 Å². The summed E-state index contributed by atoms with van der Waals surface area (Å²) in [7, 11) is 3.65. The molecule has 1 aromatic carbocycles. The molecule has 0 aromatic heterocycles. The standard InChI is InChI=1S/C16H26N2O/c1-5-13(2)15-11-9-14(10-12-15)7-6-8-16(19)17-18(3)4/h9-13H,5-8H2,1-4H3,(H,17,19). The van der Waals surface area contributed by atoms with Crippen LogP contribution in [0.4, 0.5) is 0 Å². The number of rotatable bonds is 7. The molecule has 0 bridgehead atoms. The number of nitrogens with zero attached hydrogens (tertiary/aromatic N) is 1. The van der Waals surface area contributed by atoms with E-state index in [4.69, 9.17) is 0 Å². The molecule has 1 rings (SSSR count). The summed E-state index contributed by atoms with van der Waals surface area (Å²) >= 11 is 0.